The van der Waals surface area contributed by atoms with Gasteiger partial charge in [-0.25, -0.2) is 14.5 Å². The molecule has 0 bridgehead atoms. The zero-order valence-electron chi connectivity index (χ0n) is 10.1. The van der Waals surface area contributed by atoms with Gasteiger partial charge >= 0.3 is 12.1 Å². The first-order valence-corrected chi connectivity index (χ1v) is 5.44. The van der Waals surface area contributed by atoms with Crippen molar-refractivity contribution in [1.29, 1.82) is 0 Å². The SMILES string of the molecule is CNC(=O)N(CCc1ccccc1)C(=O)NC. The highest BCUT2D eigenvalue weighted by atomic mass is 16.2. The number of benzene rings is 1. The summed E-state index contributed by atoms with van der Waals surface area (Å²) < 4.78 is 0. The van der Waals surface area contributed by atoms with E-state index in [-0.39, 0.29) is 0 Å². The van der Waals surface area contributed by atoms with Crippen LogP contribution in [-0.4, -0.2) is 37.6 Å². The molecule has 0 atom stereocenters. The van der Waals surface area contributed by atoms with Crippen LogP contribution in [0.2, 0.25) is 0 Å². The van der Waals surface area contributed by atoms with Gasteiger partial charge in [0.05, 0.1) is 0 Å². The Bertz CT molecular complexity index is 363. The van der Waals surface area contributed by atoms with Crippen LogP contribution in [0.15, 0.2) is 30.3 Å². The van der Waals surface area contributed by atoms with Gasteiger partial charge in [-0.3, -0.25) is 0 Å². The molecule has 2 N–H and O–H groups in total. The van der Waals surface area contributed by atoms with Crippen LogP contribution in [0.3, 0.4) is 0 Å². The number of carbonyl (C=O) groups excluding carboxylic acids is 2. The van der Waals surface area contributed by atoms with Crippen molar-refractivity contribution >= 4 is 12.1 Å². The van der Waals surface area contributed by atoms with Crippen LogP contribution >= 0.6 is 0 Å². The van der Waals surface area contributed by atoms with E-state index in [2.05, 4.69) is 10.6 Å². The molecule has 0 saturated carbocycles. The van der Waals surface area contributed by atoms with Crippen molar-refractivity contribution in [2.24, 2.45) is 0 Å². The van der Waals surface area contributed by atoms with Crippen LogP contribution in [-0.2, 0) is 6.42 Å². The molecule has 5 nitrogen and oxygen atoms in total. The summed E-state index contributed by atoms with van der Waals surface area (Å²) >= 11 is 0. The smallest absolute Gasteiger partial charge is 0.325 e. The fourth-order valence-electron chi connectivity index (χ4n) is 1.45. The van der Waals surface area contributed by atoms with Crippen molar-refractivity contribution in [3.63, 3.8) is 0 Å². The van der Waals surface area contributed by atoms with Gasteiger partial charge in [0.15, 0.2) is 0 Å². The van der Waals surface area contributed by atoms with Gasteiger partial charge in [-0.05, 0) is 12.0 Å². The molecule has 4 amide bonds. The van der Waals surface area contributed by atoms with E-state index in [0.29, 0.717) is 13.0 Å². The predicted octanol–water partition coefficient (Wildman–Crippen LogP) is 1.21. The Morgan fingerprint density at radius 1 is 1.06 bits per heavy atom. The van der Waals surface area contributed by atoms with Crippen LogP contribution in [0.4, 0.5) is 9.59 Å². The van der Waals surface area contributed by atoms with Crippen molar-refractivity contribution in [1.82, 2.24) is 15.5 Å². The standard InChI is InChI=1S/C12H17N3O2/c1-13-11(16)15(12(17)14-2)9-8-10-6-4-3-5-7-10/h3-7H,8-9H2,1-2H3,(H,13,16)(H,14,17). The summed E-state index contributed by atoms with van der Waals surface area (Å²) in [5.74, 6) is 0. The van der Waals surface area contributed by atoms with Gasteiger partial charge in [-0.2, -0.15) is 0 Å². The highest BCUT2D eigenvalue weighted by Crippen LogP contribution is 2.02. The fraction of sp³-hybridized carbons (Fsp3) is 0.333. The molecule has 1 rings (SSSR count). The molecule has 92 valence electrons. The molecule has 0 unspecified atom stereocenters. The predicted molar refractivity (Wildman–Crippen MR) is 65.8 cm³/mol. The molecule has 0 heterocycles. The van der Waals surface area contributed by atoms with E-state index in [9.17, 15) is 9.59 Å². The Morgan fingerprint density at radius 2 is 1.59 bits per heavy atom. The largest absolute Gasteiger partial charge is 0.341 e. The number of imide groups is 1. The lowest BCUT2D eigenvalue weighted by Gasteiger charge is -2.19. The second-order valence-corrected chi connectivity index (χ2v) is 3.50. The maximum absolute atomic E-state index is 11.5. The molecule has 0 aromatic heterocycles. The molecule has 0 radical (unpaired) electrons. The third-order valence-electron chi connectivity index (χ3n) is 2.38. The van der Waals surface area contributed by atoms with Crippen LogP contribution in [0.25, 0.3) is 0 Å². The summed E-state index contributed by atoms with van der Waals surface area (Å²) in [5, 5.41) is 4.89. The number of hydrogen-bond donors (Lipinski definition) is 2. The lowest BCUT2D eigenvalue weighted by atomic mass is 10.1. The average Bonchev–Trinajstić information content (AvgIpc) is 2.39. The summed E-state index contributed by atoms with van der Waals surface area (Å²) in [6.07, 6.45) is 0.641. The van der Waals surface area contributed by atoms with Gasteiger partial charge in [0.1, 0.15) is 0 Å². The van der Waals surface area contributed by atoms with Crippen LogP contribution in [0, 0.1) is 0 Å². The lowest BCUT2D eigenvalue weighted by Crippen LogP contribution is -2.47. The topological polar surface area (TPSA) is 61.4 Å². The second-order valence-electron chi connectivity index (χ2n) is 3.50. The van der Waals surface area contributed by atoms with Crippen molar-refractivity contribution < 1.29 is 9.59 Å². The van der Waals surface area contributed by atoms with E-state index >= 15 is 0 Å². The van der Waals surface area contributed by atoms with E-state index in [1.807, 2.05) is 30.3 Å². The van der Waals surface area contributed by atoms with Crippen molar-refractivity contribution in [2.75, 3.05) is 20.6 Å². The van der Waals surface area contributed by atoms with Gasteiger partial charge in [-0.15, -0.1) is 0 Å². The normalized spacial score (nSPS) is 9.53. The molecule has 0 aliphatic carbocycles. The van der Waals surface area contributed by atoms with Crippen molar-refractivity contribution in [3.8, 4) is 0 Å². The number of amides is 4. The first-order chi connectivity index (χ1) is 8.19. The molecule has 0 aliphatic rings. The number of hydrogen-bond acceptors (Lipinski definition) is 2. The zero-order chi connectivity index (χ0) is 12.7. The number of nitrogens with one attached hydrogen (secondary N) is 2. The fourth-order valence-corrected chi connectivity index (χ4v) is 1.45. The van der Waals surface area contributed by atoms with E-state index in [1.165, 1.54) is 14.1 Å². The summed E-state index contributed by atoms with van der Waals surface area (Å²) in [5.41, 5.74) is 1.09. The van der Waals surface area contributed by atoms with E-state index in [0.717, 1.165) is 10.5 Å². The van der Waals surface area contributed by atoms with Crippen LogP contribution in [0.5, 0.6) is 0 Å². The average molecular weight is 235 g/mol. The van der Waals surface area contributed by atoms with E-state index in [1.54, 1.807) is 0 Å². The highest BCUT2D eigenvalue weighted by molar-refractivity contribution is 5.93. The summed E-state index contributed by atoms with van der Waals surface area (Å²) in [7, 11) is 3.00. The van der Waals surface area contributed by atoms with Gasteiger partial charge in [0, 0.05) is 20.6 Å². The number of urea groups is 2. The van der Waals surface area contributed by atoms with E-state index in [4.69, 9.17) is 0 Å². The molecule has 0 spiro atoms. The molecule has 1 aromatic carbocycles. The Morgan fingerprint density at radius 3 is 2.06 bits per heavy atom. The third kappa shape index (κ3) is 3.79. The van der Waals surface area contributed by atoms with E-state index < -0.39 is 12.1 Å². The first-order valence-electron chi connectivity index (χ1n) is 5.44. The molecular formula is C12H17N3O2. The Hall–Kier alpha value is -2.04. The summed E-state index contributed by atoms with van der Waals surface area (Å²) in [4.78, 5) is 24.1. The van der Waals surface area contributed by atoms with Crippen LogP contribution < -0.4 is 10.6 Å². The van der Waals surface area contributed by atoms with Gasteiger partial charge in [0.2, 0.25) is 0 Å². The maximum Gasteiger partial charge on any atom is 0.325 e. The first kappa shape index (κ1) is 13.0. The molecular weight excluding hydrogens is 218 g/mol. The molecule has 0 fully saturated rings. The minimum Gasteiger partial charge on any atom is -0.341 e. The molecule has 5 heteroatoms. The second kappa shape index (κ2) is 6.52. The van der Waals surface area contributed by atoms with Gasteiger partial charge < -0.3 is 10.6 Å². The number of carbonyl (C=O) groups is 2. The number of rotatable bonds is 3. The summed E-state index contributed by atoms with van der Waals surface area (Å²) in [6, 6.07) is 8.91. The maximum atomic E-state index is 11.5. The molecule has 0 aliphatic heterocycles. The quantitative estimate of drug-likeness (QED) is 0.827. The molecule has 1 aromatic rings. The summed E-state index contributed by atoms with van der Waals surface area (Å²) in [6.45, 7) is 0.351. The minimum atomic E-state index is -0.403. The molecule has 0 saturated heterocycles. The minimum absolute atomic E-state index is 0.351. The molecule has 17 heavy (non-hydrogen) atoms. The van der Waals surface area contributed by atoms with Crippen molar-refractivity contribution in [3.05, 3.63) is 35.9 Å². The third-order valence-corrected chi connectivity index (χ3v) is 2.38. The van der Waals surface area contributed by atoms with Crippen LogP contribution in [0.1, 0.15) is 5.56 Å². The highest BCUT2D eigenvalue weighted by Gasteiger charge is 2.18. The Kier molecular flexibility index (Phi) is 5.00. The zero-order valence-corrected chi connectivity index (χ0v) is 10.1. The van der Waals surface area contributed by atoms with Crippen molar-refractivity contribution in [2.45, 2.75) is 6.42 Å². The number of nitrogens with zero attached hydrogens (tertiary/aromatic N) is 1. The van der Waals surface area contributed by atoms with Gasteiger partial charge in [0.25, 0.3) is 0 Å². The monoisotopic (exact) mass is 235 g/mol. The lowest BCUT2D eigenvalue weighted by molar-refractivity contribution is 0.189. The Balaban J connectivity index is 2.61. The van der Waals surface area contributed by atoms with Gasteiger partial charge in [-0.1, -0.05) is 30.3 Å². The Labute approximate surface area is 101 Å².